The fourth-order valence-corrected chi connectivity index (χ4v) is 2.62. The van der Waals surface area contributed by atoms with Gasteiger partial charge < -0.3 is 5.32 Å². The topological polar surface area (TPSA) is 16.6 Å². The molecular formula is C10H14NS+. The lowest BCUT2D eigenvalue weighted by Crippen LogP contribution is -2.81. The fourth-order valence-electron chi connectivity index (χ4n) is 1.47. The van der Waals surface area contributed by atoms with E-state index in [0.717, 1.165) is 0 Å². The second kappa shape index (κ2) is 3.50. The van der Waals surface area contributed by atoms with Gasteiger partial charge in [-0.3, -0.25) is 0 Å². The minimum atomic E-state index is 0.658. The summed E-state index contributed by atoms with van der Waals surface area (Å²) in [4.78, 5) is 0. The first-order valence-corrected chi connectivity index (χ1v) is 5.42. The maximum atomic E-state index is 2.41. The number of rotatable bonds is 1. The lowest BCUT2D eigenvalue weighted by molar-refractivity contribution is -0.663. The van der Waals surface area contributed by atoms with Gasteiger partial charge in [0, 0.05) is 11.3 Å². The highest BCUT2D eigenvalue weighted by molar-refractivity contribution is 7.99. The summed E-state index contributed by atoms with van der Waals surface area (Å²) >= 11 is 2.05. The van der Waals surface area contributed by atoms with Crippen LogP contribution in [0.15, 0.2) is 24.3 Å². The standard InChI is InChI=1S/C10H13NS/c1-8-2-4-9(5-3-8)10-11-6-7-12-10/h2-5,10-11H,6-7H2,1H3/p+1. The molecule has 1 nitrogen and oxygen atoms in total. The van der Waals surface area contributed by atoms with Crippen molar-refractivity contribution in [2.45, 2.75) is 12.3 Å². The predicted molar refractivity (Wildman–Crippen MR) is 53.2 cm³/mol. The van der Waals surface area contributed by atoms with Crippen LogP contribution in [0, 0.1) is 6.92 Å². The molecule has 2 rings (SSSR count). The van der Waals surface area contributed by atoms with E-state index in [9.17, 15) is 0 Å². The van der Waals surface area contributed by atoms with E-state index in [1.165, 1.54) is 23.4 Å². The van der Waals surface area contributed by atoms with Crippen LogP contribution in [0.25, 0.3) is 0 Å². The van der Waals surface area contributed by atoms with Crippen LogP contribution in [-0.4, -0.2) is 12.3 Å². The lowest BCUT2D eigenvalue weighted by Gasteiger charge is -2.05. The second-order valence-corrected chi connectivity index (χ2v) is 4.48. The molecule has 1 aromatic carbocycles. The maximum absolute atomic E-state index is 2.41. The highest BCUT2D eigenvalue weighted by atomic mass is 32.2. The van der Waals surface area contributed by atoms with E-state index in [4.69, 9.17) is 0 Å². The van der Waals surface area contributed by atoms with Crippen LogP contribution in [0.3, 0.4) is 0 Å². The molecule has 0 radical (unpaired) electrons. The van der Waals surface area contributed by atoms with Crippen LogP contribution >= 0.6 is 11.8 Å². The Bertz CT molecular complexity index is 249. The summed E-state index contributed by atoms with van der Waals surface area (Å²) in [5, 5.41) is 3.07. The van der Waals surface area contributed by atoms with Crippen molar-refractivity contribution < 1.29 is 5.32 Å². The van der Waals surface area contributed by atoms with Crippen LogP contribution in [0.2, 0.25) is 0 Å². The Labute approximate surface area is 77.6 Å². The van der Waals surface area contributed by atoms with Crippen molar-refractivity contribution >= 4 is 11.8 Å². The predicted octanol–water partition coefficient (Wildman–Crippen LogP) is 1.30. The van der Waals surface area contributed by atoms with E-state index in [0.29, 0.717) is 5.37 Å². The van der Waals surface area contributed by atoms with Crippen molar-refractivity contribution in [1.29, 1.82) is 0 Å². The van der Waals surface area contributed by atoms with Crippen LogP contribution in [0.4, 0.5) is 0 Å². The molecule has 12 heavy (non-hydrogen) atoms. The summed E-state index contributed by atoms with van der Waals surface area (Å²) in [6, 6.07) is 8.88. The van der Waals surface area contributed by atoms with Crippen molar-refractivity contribution in [2.75, 3.05) is 12.3 Å². The first kappa shape index (κ1) is 8.14. The van der Waals surface area contributed by atoms with Gasteiger partial charge in [-0.1, -0.05) is 41.6 Å². The molecule has 0 amide bonds. The summed E-state index contributed by atoms with van der Waals surface area (Å²) in [5.74, 6) is 1.29. The maximum Gasteiger partial charge on any atom is 0.159 e. The van der Waals surface area contributed by atoms with Gasteiger partial charge in [-0.15, -0.1) is 0 Å². The normalized spacial score (nSPS) is 22.9. The average Bonchev–Trinajstić information content (AvgIpc) is 2.58. The average molecular weight is 180 g/mol. The second-order valence-electron chi connectivity index (χ2n) is 3.23. The lowest BCUT2D eigenvalue weighted by atomic mass is 10.1. The van der Waals surface area contributed by atoms with Crippen molar-refractivity contribution in [3.63, 3.8) is 0 Å². The molecule has 1 atom stereocenters. The molecule has 1 fully saturated rings. The first-order chi connectivity index (χ1) is 5.86. The summed E-state index contributed by atoms with van der Waals surface area (Å²) < 4.78 is 0. The third kappa shape index (κ3) is 1.65. The van der Waals surface area contributed by atoms with Crippen molar-refractivity contribution in [1.82, 2.24) is 0 Å². The highest BCUT2D eigenvalue weighted by Gasteiger charge is 2.20. The third-order valence-electron chi connectivity index (χ3n) is 2.20. The molecule has 2 heteroatoms. The summed E-state index contributed by atoms with van der Waals surface area (Å²) in [7, 11) is 0. The molecule has 0 bridgehead atoms. The minimum Gasteiger partial charge on any atom is -0.331 e. The van der Waals surface area contributed by atoms with E-state index in [2.05, 4.69) is 36.5 Å². The number of aryl methyl sites for hydroxylation is 1. The van der Waals surface area contributed by atoms with E-state index in [-0.39, 0.29) is 0 Å². The van der Waals surface area contributed by atoms with E-state index in [1.807, 2.05) is 11.8 Å². The number of benzene rings is 1. The molecule has 0 aliphatic carbocycles. The smallest absolute Gasteiger partial charge is 0.159 e. The Morgan fingerprint density at radius 1 is 1.33 bits per heavy atom. The van der Waals surface area contributed by atoms with Gasteiger partial charge in [-0.2, -0.15) is 0 Å². The van der Waals surface area contributed by atoms with E-state index < -0.39 is 0 Å². The van der Waals surface area contributed by atoms with Crippen molar-refractivity contribution in [2.24, 2.45) is 0 Å². The molecule has 0 spiro atoms. The Kier molecular flexibility index (Phi) is 2.38. The van der Waals surface area contributed by atoms with Crippen LogP contribution in [-0.2, 0) is 0 Å². The molecule has 0 aromatic heterocycles. The van der Waals surface area contributed by atoms with Crippen molar-refractivity contribution in [3.8, 4) is 0 Å². The molecule has 1 heterocycles. The molecule has 1 aliphatic rings. The van der Waals surface area contributed by atoms with Crippen LogP contribution in [0.5, 0.6) is 0 Å². The quantitative estimate of drug-likeness (QED) is 0.689. The molecule has 2 N–H and O–H groups in total. The molecule has 1 unspecified atom stereocenters. The number of nitrogens with two attached hydrogens (primary N) is 1. The molecular weight excluding hydrogens is 166 g/mol. The summed E-state index contributed by atoms with van der Waals surface area (Å²) in [6.07, 6.45) is 0. The largest absolute Gasteiger partial charge is 0.331 e. The Morgan fingerprint density at radius 3 is 2.67 bits per heavy atom. The van der Waals surface area contributed by atoms with Gasteiger partial charge in [0.05, 0.1) is 6.54 Å². The van der Waals surface area contributed by atoms with Gasteiger partial charge in [0.2, 0.25) is 0 Å². The Morgan fingerprint density at radius 2 is 2.08 bits per heavy atom. The molecule has 1 saturated heterocycles. The first-order valence-electron chi connectivity index (χ1n) is 4.38. The third-order valence-corrected chi connectivity index (χ3v) is 3.50. The Balaban J connectivity index is 2.17. The Hall–Kier alpha value is -0.470. The zero-order valence-corrected chi connectivity index (χ0v) is 8.10. The highest BCUT2D eigenvalue weighted by Crippen LogP contribution is 2.24. The number of thioether (sulfide) groups is 1. The van der Waals surface area contributed by atoms with E-state index >= 15 is 0 Å². The fraction of sp³-hybridized carbons (Fsp3) is 0.400. The van der Waals surface area contributed by atoms with Gasteiger partial charge in [0.15, 0.2) is 5.37 Å². The summed E-state index contributed by atoms with van der Waals surface area (Å²) in [6.45, 7) is 3.40. The monoisotopic (exact) mass is 180 g/mol. The molecule has 64 valence electrons. The van der Waals surface area contributed by atoms with E-state index in [1.54, 1.807) is 0 Å². The zero-order chi connectivity index (χ0) is 8.39. The molecule has 0 saturated carbocycles. The van der Waals surface area contributed by atoms with Gasteiger partial charge in [0.25, 0.3) is 0 Å². The van der Waals surface area contributed by atoms with Gasteiger partial charge in [-0.05, 0) is 6.92 Å². The number of hydrogen-bond acceptors (Lipinski definition) is 1. The van der Waals surface area contributed by atoms with Gasteiger partial charge in [-0.25, -0.2) is 0 Å². The number of hydrogen-bond donors (Lipinski definition) is 1. The van der Waals surface area contributed by atoms with Gasteiger partial charge >= 0.3 is 0 Å². The van der Waals surface area contributed by atoms with Crippen molar-refractivity contribution in [3.05, 3.63) is 35.4 Å². The van der Waals surface area contributed by atoms with Crippen LogP contribution < -0.4 is 5.32 Å². The summed E-state index contributed by atoms with van der Waals surface area (Å²) in [5.41, 5.74) is 2.81. The minimum absolute atomic E-state index is 0.658. The SMILES string of the molecule is Cc1ccc(C2[NH2+]CCS2)cc1. The molecule has 1 aromatic rings. The molecule has 1 aliphatic heterocycles. The van der Waals surface area contributed by atoms with Crippen LogP contribution in [0.1, 0.15) is 16.5 Å². The zero-order valence-electron chi connectivity index (χ0n) is 7.29. The van der Waals surface area contributed by atoms with Gasteiger partial charge in [0.1, 0.15) is 0 Å². The number of quaternary nitrogens is 1.